The van der Waals surface area contributed by atoms with Gasteiger partial charge in [-0.15, -0.1) is 0 Å². The fourth-order valence-corrected chi connectivity index (χ4v) is 5.55. The first-order valence-corrected chi connectivity index (χ1v) is 10.7. The Kier molecular flexibility index (Phi) is 4.72. The number of aromatic nitrogens is 3. The summed E-state index contributed by atoms with van der Waals surface area (Å²) in [7, 11) is -3.64. The molecule has 2 aromatic heterocycles. The van der Waals surface area contributed by atoms with Gasteiger partial charge in [-0.05, 0) is 43.9 Å². The smallest absolute Gasteiger partial charge is 0.253 e. The van der Waals surface area contributed by atoms with E-state index in [4.69, 9.17) is 0 Å². The molecule has 1 aliphatic rings. The molecule has 2 N–H and O–H groups in total. The molecule has 28 heavy (non-hydrogen) atoms. The van der Waals surface area contributed by atoms with Gasteiger partial charge in [0.2, 0.25) is 10.0 Å². The second-order valence-corrected chi connectivity index (χ2v) is 8.97. The number of carbonyl (C=O) groups is 1. The van der Waals surface area contributed by atoms with E-state index in [0.29, 0.717) is 43.0 Å². The molecule has 0 aliphatic carbocycles. The molecule has 0 atom stereocenters. The molecule has 0 bridgehead atoms. The van der Waals surface area contributed by atoms with Crippen molar-refractivity contribution in [2.75, 3.05) is 26.2 Å². The molecule has 0 radical (unpaired) electrons. The minimum atomic E-state index is -3.64. The lowest BCUT2D eigenvalue weighted by Crippen LogP contribution is -2.37. The third-order valence-corrected chi connectivity index (χ3v) is 7.36. The summed E-state index contributed by atoms with van der Waals surface area (Å²) in [4.78, 5) is 18.0. The van der Waals surface area contributed by atoms with Crippen LogP contribution in [0.3, 0.4) is 0 Å². The second-order valence-electron chi connectivity index (χ2n) is 7.09. The van der Waals surface area contributed by atoms with Crippen molar-refractivity contribution >= 4 is 26.8 Å². The van der Waals surface area contributed by atoms with Crippen LogP contribution in [0.5, 0.6) is 0 Å². The largest absolute Gasteiger partial charge is 0.361 e. The summed E-state index contributed by atoms with van der Waals surface area (Å²) in [6.45, 7) is 4.92. The van der Waals surface area contributed by atoms with E-state index in [9.17, 15) is 13.2 Å². The van der Waals surface area contributed by atoms with Gasteiger partial charge in [0.1, 0.15) is 4.90 Å². The molecular weight excluding hydrogens is 378 g/mol. The number of aromatic amines is 2. The van der Waals surface area contributed by atoms with Gasteiger partial charge >= 0.3 is 0 Å². The van der Waals surface area contributed by atoms with Crippen LogP contribution in [0, 0.1) is 13.8 Å². The quantitative estimate of drug-likeness (QED) is 0.701. The zero-order chi connectivity index (χ0) is 19.9. The topological polar surface area (TPSA) is 102 Å². The molecule has 1 aliphatic heterocycles. The lowest BCUT2D eigenvalue weighted by Gasteiger charge is -2.22. The van der Waals surface area contributed by atoms with E-state index in [1.807, 2.05) is 30.5 Å². The van der Waals surface area contributed by atoms with Gasteiger partial charge in [-0.25, -0.2) is 8.42 Å². The standard InChI is InChI=1S/C19H23N5O3S/c1-13-18(14(2)22-21-13)28(26,27)24-9-3-8-23(10-11-24)19(25)16-5-4-15-6-7-20-17(15)12-16/h4-7,12,20H,3,8-11H2,1-2H3,(H,21,22). The highest BCUT2D eigenvalue weighted by Gasteiger charge is 2.32. The molecule has 0 unspecified atom stereocenters. The summed E-state index contributed by atoms with van der Waals surface area (Å²) in [5.41, 5.74) is 2.52. The molecule has 1 aromatic carbocycles. The van der Waals surface area contributed by atoms with Crippen LogP contribution in [0.4, 0.5) is 0 Å². The third kappa shape index (κ3) is 3.20. The Morgan fingerprint density at radius 2 is 1.93 bits per heavy atom. The van der Waals surface area contributed by atoms with Crippen molar-refractivity contribution in [1.29, 1.82) is 0 Å². The van der Waals surface area contributed by atoms with E-state index >= 15 is 0 Å². The number of aryl methyl sites for hydroxylation is 2. The van der Waals surface area contributed by atoms with E-state index in [1.54, 1.807) is 18.7 Å². The summed E-state index contributed by atoms with van der Waals surface area (Å²) >= 11 is 0. The van der Waals surface area contributed by atoms with Gasteiger partial charge in [0.25, 0.3) is 5.91 Å². The van der Waals surface area contributed by atoms with Crippen LogP contribution in [-0.4, -0.2) is 64.9 Å². The molecule has 0 saturated carbocycles. The molecule has 3 heterocycles. The number of benzene rings is 1. The zero-order valence-electron chi connectivity index (χ0n) is 15.9. The van der Waals surface area contributed by atoms with Crippen LogP contribution in [0.25, 0.3) is 10.9 Å². The average molecular weight is 401 g/mol. The minimum Gasteiger partial charge on any atom is -0.361 e. The van der Waals surface area contributed by atoms with Crippen LogP contribution in [0.15, 0.2) is 35.4 Å². The van der Waals surface area contributed by atoms with Crippen molar-refractivity contribution in [2.24, 2.45) is 0 Å². The lowest BCUT2D eigenvalue weighted by molar-refractivity contribution is 0.0764. The van der Waals surface area contributed by atoms with Crippen molar-refractivity contribution in [3.8, 4) is 0 Å². The van der Waals surface area contributed by atoms with E-state index in [-0.39, 0.29) is 17.3 Å². The number of sulfonamides is 1. The number of fused-ring (bicyclic) bond motifs is 1. The van der Waals surface area contributed by atoms with Crippen molar-refractivity contribution in [3.05, 3.63) is 47.4 Å². The fraction of sp³-hybridized carbons (Fsp3) is 0.368. The molecule has 4 rings (SSSR count). The van der Waals surface area contributed by atoms with Crippen LogP contribution in [-0.2, 0) is 10.0 Å². The van der Waals surface area contributed by atoms with Crippen LogP contribution in [0.2, 0.25) is 0 Å². The van der Waals surface area contributed by atoms with Gasteiger partial charge in [0.15, 0.2) is 0 Å². The maximum Gasteiger partial charge on any atom is 0.253 e. The minimum absolute atomic E-state index is 0.0774. The monoisotopic (exact) mass is 401 g/mol. The molecule has 0 spiro atoms. The number of carbonyl (C=O) groups excluding carboxylic acids is 1. The molecule has 8 nitrogen and oxygen atoms in total. The maximum absolute atomic E-state index is 13.1. The highest BCUT2D eigenvalue weighted by atomic mass is 32.2. The summed E-state index contributed by atoms with van der Waals surface area (Å²) in [5.74, 6) is -0.0774. The number of nitrogens with zero attached hydrogens (tertiary/aromatic N) is 3. The van der Waals surface area contributed by atoms with Gasteiger partial charge in [0, 0.05) is 43.5 Å². The van der Waals surface area contributed by atoms with E-state index in [0.717, 1.165) is 10.9 Å². The molecular formula is C19H23N5O3S. The van der Waals surface area contributed by atoms with Crippen molar-refractivity contribution in [1.82, 2.24) is 24.4 Å². The van der Waals surface area contributed by atoms with Crippen molar-refractivity contribution in [2.45, 2.75) is 25.2 Å². The van der Waals surface area contributed by atoms with Gasteiger partial charge in [-0.1, -0.05) is 6.07 Å². The van der Waals surface area contributed by atoms with Gasteiger partial charge in [-0.3, -0.25) is 9.89 Å². The van der Waals surface area contributed by atoms with Crippen LogP contribution in [0.1, 0.15) is 28.2 Å². The zero-order valence-corrected chi connectivity index (χ0v) is 16.7. The number of hydrogen-bond acceptors (Lipinski definition) is 4. The normalized spacial score (nSPS) is 16.4. The first kappa shape index (κ1) is 18.7. The number of rotatable bonds is 3. The third-order valence-electron chi connectivity index (χ3n) is 5.20. The van der Waals surface area contributed by atoms with Crippen LogP contribution >= 0.6 is 0 Å². The van der Waals surface area contributed by atoms with E-state index < -0.39 is 10.0 Å². The molecule has 3 aromatic rings. The average Bonchev–Trinajstić information content (AvgIpc) is 3.17. The summed E-state index contributed by atoms with van der Waals surface area (Å²) in [6, 6.07) is 7.53. The van der Waals surface area contributed by atoms with E-state index in [1.165, 1.54) is 4.31 Å². The number of hydrogen-bond donors (Lipinski definition) is 2. The van der Waals surface area contributed by atoms with Gasteiger partial charge in [-0.2, -0.15) is 9.40 Å². The molecule has 1 saturated heterocycles. The first-order chi connectivity index (χ1) is 13.4. The van der Waals surface area contributed by atoms with Gasteiger partial charge in [0.05, 0.1) is 11.4 Å². The fourth-order valence-electron chi connectivity index (χ4n) is 3.75. The summed E-state index contributed by atoms with van der Waals surface area (Å²) < 4.78 is 27.6. The van der Waals surface area contributed by atoms with Gasteiger partial charge < -0.3 is 9.88 Å². The Morgan fingerprint density at radius 1 is 1.11 bits per heavy atom. The Labute approximate surface area is 163 Å². The lowest BCUT2D eigenvalue weighted by atomic mass is 10.1. The number of amides is 1. The molecule has 148 valence electrons. The Bertz CT molecular complexity index is 1110. The predicted molar refractivity (Wildman–Crippen MR) is 106 cm³/mol. The Hall–Kier alpha value is -2.65. The molecule has 9 heteroatoms. The first-order valence-electron chi connectivity index (χ1n) is 9.26. The Balaban J connectivity index is 1.52. The molecule has 1 fully saturated rings. The van der Waals surface area contributed by atoms with Crippen LogP contribution < -0.4 is 0 Å². The summed E-state index contributed by atoms with van der Waals surface area (Å²) in [5, 5.41) is 7.79. The highest BCUT2D eigenvalue weighted by molar-refractivity contribution is 7.89. The number of nitrogens with one attached hydrogen (secondary N) is 2. The van der Waals surface area contributed by atoms with E-state index in [2.05, 4.69) is 15.2 Å². The summed E-state index contributed by atoms with van der Waals surface area (Å²) in [6.07, 6.45) is 2.43. The molecule has 1 amide bonds. The van der Waals surface area contributed by atoms with Crippen molar-refractivity contribution < 1.29 is 13.2 Å². The second kappa shape index (κ2) is 7.06. The Morgan fingerprint density at radius 3 is 2.68 bits per heavy atom. The highest BCUT2D eigenvalue weighted by Crippen LogP contribution is 2.23. The maximum atomic E-state index is 13.1. The predicted octanol–water partition coefficient (Wildman–Crippen LogP) is 2.04. The van der Waals surface area contributed by atoms with Crippen molar-refractivity contribution in [3.63, 3.8) is 0 Å². The number of H-pyrrole nitrogens is 2. The SMILES string of the molecule is Cc1n[nH]c(C)c1S(=O)(=O)N1CCCN(C(=O)c2ccc3cc[nH]c3c2)CC1.